The Balaban J connectivity index is 4.14. The van der Waals surface area contributed by atoms with E-state index in [-0.39, 0.29) is 19.4 Å². The zero-order chi connectivity index (χ0) is 11.1. The normalized spacial score (nSPS) is 12.8. The Morgan fingerprint density at radius 2 is 1.93 bits per heavy atom. The van der Waals surface area contributed by atoms with Crippen molar-refractivity contribution in [2.45, 2.75) is 32.2 Å². The van der Waals surface area contributed by atoms with E-state index in [1.165, 1.54) is 0 Å². The molecule has 0 rings (SSSR count). The van der Waals surface area contributed by atoms with Crippen LogP contribution in [-0.4, -0.2) is 45.0 Å². The van der Waals surface area contributed by atoms with Crippen LogP contribution in [0.1, 0.15) is 26.2 Å². The minimum atomic E-state index is -1.21. The van der Waals surface area contributed by atoms with Crippen molar-refractivity contribution in [3.8, 4) is 0 Å². The van der Waals surface area contributed by atoms with Crippen molar-refractivity contribution >= 4 is 11.9 Å². The van der Waals surface area contributed by atoms with Gasteiger partial charge in [-0.2, -0.15) is 5.06 Å². The molecule has 0 aliphatic rings. The fourth-order valence-corrected chi connectivity index (χ4v) is 1.05. The molecule has 0 aromatic carbocycles. The molecule has 0 aliphatic heterocycles. The second-order valence-corrected chi connectivity index (χ2v) is 2.95. The maximum absolute atomic E-state index is 10.6. The van der Waals surface area contributed by atoms with E-state index in [1.807, 2.05) is 0 Å². The van der Waals surface area contributed by atoms with Crippen LogP contribution in [0.3, 0.4) is 0 Å². The van der Waals surface area contributed by atoms with Gasteiger partial charge in [0, 0.05) is 13.0 Å². The number of nitrogens with zero attached hydrogens (tertiary/aromatic N) is 1. The average Bonchev–Trinajstić information content (AvgIpc) is 2.03. The van der Waals surface area contributed by atoms with E-state index in [9.17, 15) is 14.8 Å². The average molecular weight is 205 g/mol. The van der Waals surface area contributed by atoms with Gasteiger partial charge in [-0.3, -0.25) is 9.59 Å². The molecule has 0 radical (unpaired) electrons. The summed E-state index contributed by atoms with van der Waals surface area (Å²) in [6, 6.07) is -1.13. The lowest BCUT2D eigenvalue weighted by molar-refractivity contribution is -0.171. The Morgan fingerprint density at radius 3 is 2.29 bits per heavy atom. The van der Waals surface area contributed by atoms with Crippen LogP contribution in [0.5, 0.6) is 0 Å². The third-order valence-electron chi connectivity index (χ3n) is 1.73. The summed E-state index contributed by atoms with van der Waals surface area (Å²) in [6.07, 6.45) is 0.242. The summed E-state index contributed by atoms with van der Waals surface area (Å²) in [7, 11) is 0. The quantitative estimate of drug-likeness (QED) is 0.520. The van der Waals surface area contributed by atoms with Gasteiger partial charge in [-0.1, -0.05) is 6.92 Å². The molecule has 0 aliphatic carbocycles. The third kappa shape index (κ3) is 4.78. The Labute approximate surface area is 81.7 Å². The van der Waals surface area contributed by atoms with Crippen LogP contribution in [-0.2, 0) is 9.59 Å². The molecule has 0 amide bonds. The number of aliphatic carboxylic acids is 2. The fraction of sp³-hybridized carbons (Fsp3) is 0.750. The molecule has 14 heavy (non-hydrogen) atoms. The summed E-state index contributed by atoms with van der Waals surface area (Å²) >= 11 is 0. The van der Waals surface area contributed by atoms with Crippen molar-refractivity contribution in [3.05, 3.63) is 0 Å². The molecule has 1 unspecified atom stereocenters. The van der Waals surface area contributed by atoms with Gasteiger partial charge in [-0.25, -0.2) is 0 Å². The Bertz CT molecular complexity index is 206. The van der Waals surface area contributed by atoms with E-state index in [0.29, 0.717) is 11.5 Å². The van der Waals surface area contributed by atoms with Crippen LogP contribution < -0.4 is 0 Å². The number of carbonyl (C=O) groups is 2. The number of hydrogen-bond acceptors (Lipinski definition) is 4. The third-order valence-corrected chi connectivity index (χ3v) is 1.73. The molecule has 82 valence electrons. The summed E-state index contributed by atoms with van der Waals surface area (Å²) in [6.45, 7) is 2.01. The molecule has 0 heterocycles. The number of carboxylic acids is 2. The van der Waals surface area contributed by atoms with E-state index in [0.717, 1.165) is 0 Å². The zero-order valence-corrected chi connectivity index (χ0v) is 8.01. The highest BCUT2D eigenvalue weighted by atomic mass is 16.5. The van der Waals surface area contributed by atoms with Gasteiger partial charge in [-0.15, -0.1) is 0 Å². The minimum Gasteiger partial charge on any atom is -0.481 e. The molecule has 3 N–H and O–H groups in total. The second-order valence-electron chi connectivity index (χ2n) is 2.95. The molecule has 0 fully saturated rings. The van der Waals surface area contributed by atoms with E-state index < -0.39 is 18.0 Å². The molecule has 6 heteroatoms. The van der Waals surface area contributed by atoms with E-state index in [4.69, 9.17) is 10.2 Å². The first kappa shape index (κ1) is 12.9. The number of hydroxylamine groups is 2. The molecular weight excluding hydrogens is 190 g/mol. The molecule has 0 aromatic rings. The predicted octanol–water partition coefficient (Wildman–Crippen LogP) is 0.406. The highest BCUT2D eigenvalue weighted by Gasteiger charge is 2.24. The van der Waals surface area contributed by atoms with Crippen molar-refractivity contribution in [1.82, 2.24) is 5.06 Å². The van der Waals surface area contributed by atoms with Gasteiger partial charge in [0.15, 0.2) is 0 Å². The summed E-state index contributed by atoms with van der Waals surface area (Å²) in [5, 5.41) is 27.0. The van der Waals surface area contributed by atoms with Gasteiger partial charge in [0.25, 0.3) is 0 Å². The maximum atomic E-state index is 10.6. The highest BCUT2D eigenvalue weighted by Crippen LogP contribution is 2.06. The number of rotatable bonds is 7. The lowest BCUT2D eigenvalue weighted by atomic mass is 10.1. The maximum Gasteiger partial charge on any atom is 0.323 e. The number of hydrogen-bond donors (Lipinski definition) is 3. The molecule has 0 bridgehead atoms. The lowest BCUT2D eigenvalue weighted by Crippen LogP contribution is -2.39. The monoisotopic (exact) mass is 205 g/mol. The van der Waals surface area contributed by atoms with Crippen molar-refractivity contribution in [2.24, 2.45) is 0 Å². The van der Waals surface area contributed by atoms with Gasteiger partial charge in [0.05, 0.1) is 0 Å². The summed E-state index contributed by atoms with van der Waals surface area (Å²) in [5.74, 6) is -2.27. The van der Waals surface area contributed by atoms with Crippen molar-refractivity contribution in [2.75, 3.05) is 6.54 Å². The predicted molar refractivity (Wildman–Crippen MR) is 47.1 cm³/mol. The van der Waals surface area contributed by atoms with Crippen molar-refractivity contribution in [3.63, 3.8) is 0 Å². The molecule has 0 saturated carbocycles. The summed E-state index contributed by atoms with van der Waals surface area (Å²) in [5.41, 5.74) is 0. The second kappa shape index (κ2) is 6.33. The van der Waals surface area contributed by atoms with E-state index in [1.54, 1.807) is 6.92 Å². The van der Waals surface area contributed by atoms with Gasteiger partial charge >= 0.3 is 11.9 Å². The molecular formula is C8H15NO5. The largest absolute Gasteiger partial charge is 0.481 e. The van der Waals surface area contributed by atoms with Crippen LogP contribution in [0.4, 0.5) is 0 Å². The van der Waals surface area contributed by atoms with Gasteiger partial charge < -0.3 is 15.4 Å². The zero-order valence-electron chi connectivity index (χ0n) is 8.01. The lowest BCUT2D eigenvalue weighted by Gasteiger charge is -2.21. The summed E-state index contributed by atoms with van der Waals surface area (Å²) in [4.78, 5) is 20.8. The van der Waals surface area contributed by atoms with Crippen molar-refractivity contribution in [1.29, 1.82) is 0 Å². The van der Waals surface area contributed by atoms with Crippen LogP contribution in [0.2, 0.25) is 0 Å². The highest BCUT2D eigenvalue weighted by molar-refractivity contribution is 5.74. The standard InChI is InChI=1S/C8H15NO5/c1-2-5-9(14)6(8(12)13)3-4-7(10)11/h6,14H,2-5H2,1H3,(H,10,11)(H,12,13). The van der Waals surface area contributed by atoms with Crippen LogP contribution in [0.15, 0.2) is 0 Å². The number of carboxylic acid groups (broad SMARTS) is 2. The van der Waals surface area contributed by atoms with Gasteiger partial charge in [0.2, 0.25) is 0 Å². The first-order valence-electron chi connectivity index (χ1n) is 4.39. The molecule has 0 aromatic heterocycles. The molecule has 1 atom stereocenters. The van der Waals surface area contributed by atoms with E-state index >= 15 is 0 Å². The smallest absolute Gasteiger partial charge is 0.323 e. The van der Waals surface area contributed by atoms with Crippen LogP contribution in [0, 0.1) is 0 Å². The molecule has 6 nitrogen and oxygen atoms in total. The first-order valence-corrected chi connectivity index (χ1v) is 4.39. The van der Waals surface area contributed by atoms with E-state index in [2.05, 4.69) is 0 Å². The first-order chi connectivity index (χ1) is 6.49. The summed E-state index contributed by atoms with van der Waals surface area (Å²) < 4.78 is 0. The fourth-order valence-electron chi connectivity index (χ4n) is 1.05. The van der Waals surface area contributed by atoms with Gasteiger partial charge in [0.1, 0.15) is 6.04 Å². The SMILES string of the molecule is CCCN(O)C(CCC(=O)O)C(=O)O. The molecule has 0 saturated heterocycles. The Hall–Kier alpha value is -1.14. The Morgan fingerprint density at radius 1 is 1.36 bits per heavy atom. The van der Waals surface area contributed by atoms with Crippen LogP contribution in [0.25, 0.3) is 0 Å². The van der Waals surface area contributed by atoms with Gasteiger partial charge in [-0.05, 0) is 12.8 Å². The Kier molecular flexibility index (Phi) is 5.82. The topological polar surface area (TPSA) is 98.1 Å². The van der Waals surface area contributed by atoms with Crippen LogP contribution >= 0.6 is 0 Å². The van der Waals surface area contributed by atoms with Crippen molar-refractivity contribution < 1.29 is 25.0 Å². The minimum absolute atomic E-state index is 0.0961. The molecule has 0 spiro atoms.